The van der Waals surface area contributed by atoms with E-state index in [0.717, 1.165) is 83.5 Å². The maximum Gasteiger partial charge on any atom is 0.472 e. The third-order valence-corrected chi connectivity index (χ3v) is 17.8. The first-order valence-electron chi connectivity index (χ1n) is 37.9. The number of allylic oxidation sites excluding steroid dienone is 13. The van der Waals surface area contributed by atoms with Crippen molar-refractivity contribution in [3.63, 3.8) is 0 Å². The zero-order chi connectivity index (χ0) is 64.9. The van der Waals surface area contributed by atoms with Crippen LogP contribution in [0.5, 0.6) is 0 Å². The Bertz CT molecular complexity index is 1800. The number of carbonyl (C=O) groups excluding carboxylic acids is 2. The van der Waals surface area contributed by atoms with E-state index in [4.69, 9.17) is 13.8 Å². The van der Waals surface area contributed by atoms with Crippen LogP contribution in [0.3, 0.4) is 0 Å². The molecule has 0 fully saturated rings. The standard InChI is InChI=1S/C79H145N2O7P/c1-7-10-13-16-19-22-25-27-29-31-33-35-37-39-40-42-44-46-48-50-52-54-57-60-63-66-69-72-79(83)88-77(70-67-64-61-58-55-24-21-18-15-12-9-3)76(75-87-89(84,85)86-74-73-81(4,5)6)80-78(82)71-68-65-62-59-56-53-51-49-47-45-43-41-38-36-34-32-30-28-26-23-20-17-14-11-8-2/h19-20,22-23,27-30,33,35,39-40,67,70,76-77H,7-18,21,24-26,31-32,34,36-38,41-66,68-69,71-75H2,1-6H3,(H-,80,82,84,85)/p+1/b22-19-,23-20-,29-27-,30-28-,35-33-,40-39-,70-67+. The van der Waals surface area contributed by atoms with Crippen molar-refractivity contribution in [3.05, 3.63) is 85.1 Å². The molecule has 89 heavy (non-hydrogen) atoms. The Kier molecular flexibility index (Phi) is 65.9. The van der Waals surface area contributed by atoms with Gasteiger partial charge in [-0.3, -0.25) is 18.6 Å². The van der Waals surface area contributed by atoms with Crippen LogP contribution in [0.4, 0.5) is 0 Å². The fraction of sp³-hybridized carbons (Fsp3) is 0.797. The Labute approximate surface area is 552 Å². The van der Waals surface area contributed by atoms with E-state index >= 15 is 0 Å². The van der Waals surface area contributed by atoms with E-state index < -0.39 is 20.0 Å². The fourth-order valence-corrected chi connectivity index (χ4v) is 11.7. The Morgan fingerprint density at radius 2 is 0.685 bits per heavy atom. The van der Waals surface area contributed by atoms with E-state index in [9.17, 15) is 19.0 Å². The van der Waals surface area contributed by atoms with Gasteiger partial charge in [-0.25, -0.2) is 4.57 Å². The topological polar surface area (TPSA) is 111 Å². The summed E-state index contributed by atoms with van der Waals surface area (Å²) in [6, 6.07) is -0.853. The molecule has 518 valence electrons. The lowest BCUT2D eigenvalue weighted by Gasteiger charge is -2.27. The van der Waals surface area contributed by atoms with Crippen molar-refractivity contribution < 1.29 is 37.3 Å². The van der Waals surface area contributed by atoms with E-state index in [1.165, 1.54) is 238 Å². The van der Waals surface area contributed by atoms with Crippen LogP contribution < -0.4 is 5.32 Å². The predicted octanol–water partition coefficient (Wildman–Crippen LogP) is 24.5. The largest absolute Gasteiger partial charge is 0.472 e. The highest BCUT2D eigenvalue weighted by Crippen LogP contribution is 2.43. The molecule has 2 N–H and O–H groups in total. The number of hydrogen-bond acceptors (Lipinski definition) is 6. The van der Waals surface area contributed by atoms with Crippen LogP contribution in [0.2, 0.25) is 0 Å². The van der Waals surface area contributed by atoms with Gasteiger partial charge in [0.25, 0.3) is 0 Å². The van der Waals surface area contributed by atoms with Crippen LogP contribution >= 0.6 is 7.82 Å². The van der Waals surface area contributed by atoms with Crippen LogP contribution in [0.1, 0.15) is 355 Å². The summed E-state index contributed by atoms with van der Waals surface area (Å²) in [5.74, 6) is -0.499. The summed E-state index contributed by atoms with van der Waals surface area (Å²) in [5.41, 5.74) is 0. The lowest BCUT2D eigenvalue weighted by atomic mass is 10.0. The van der Waals surface area contributed by atoms with Crippen molar-refractivity contribution in [3.8, 4) is 0 Å². The summed E-state index contributed by atoms with van der Waals surface area (Å²) in [5, 5.41) is 3.08. The van der Waals surface area contributed by atoms with Gasteiger partial charge in [0.15, 0.2) is 0 Å². The van der Waals surface area contributed by atoms with E-state index in [1.807, 2.05) is 33.3 Å². The molecule has 0 aliphatic heterocycles. The second-order valence-electron chi connectivity index (χ2n) is 26.8. The summed E-state index contributed by atoms with van der Waals surface area (Å²) in [6.45, 7) is 6.99. The first-order valence-corrected chi connectivity index (χ1v) is 39.4. The average Bonchev–Trinajstić information content (AvgIpc) is 3.71. The second kappa shape index (κ2) is 68.1. The maximum absolute atomic E-state index is 13.6. The molecule has 1 amide bonds. The summed E-state index contributed by atoms with van der Waals surface area (Å²) in [7, 11) is 1.50. The van der Waals surface area contributed by atoms with Crippen molar-refractivity contribution in [2.45, 2.75) is 367 Å². The molecule has 10 heteroatoms. The number of nitrogens with zero attached hydrogens (tertiary/aromatic N) is 1. The molecule has 0 aliphatic carbocycles. The van der Waals surface area contributed by atoms with Crippen LogP contribution in [0, 0.1) is 0 Å². The number of amides is 1. The smallest absolute Gasteiger partial charge is 0.456 e. The molecule has 0 saturated carbocycles. The number of ether oxygens (including phenoxy) is 1. The minimum Gasteiger partial charge on any atom is -0.456 e. The molecule has 0 heterocycles. The molecule has 0 aliphatic rings. The number of esters is 1. The van der Waals surface area contributed by atoms with E-state index in [-0.39, 0.29) is 31.5 Å². The summed E-state index contributed by atoms with van der Waals surface area (Å²) < 4.78 is 30.9. The molecule has 0 aromatic carbocycles. The zero-order valence-corrected chi connectivity index (χ0v) is 60.3. The van der Waals surface area contributed by atoms with Crippen LogP contribution in [-0.2, 0) is 27.9 Å². The molecule has 0 aromatic heterocycles. The minimum atomic E-state index is -4.46. The molecule has 9 nitrogen and oxygen atoms in total. The average molecular weight is 1270 g/mol. The summed E-state index contributed by atoms with van der Waals surface area (Å²) in [4.78, 5) is 38.0. The minimum absolute atomic E-state index is 0.0383. The highest BCUT2D eigenvalue weighted by Gasteiger charge is 2.30. The molecule has 0 radical (unpaired) electrons. The molecule has 0 rings (SSSR count). The molecule has 0 aromatic rings. The molecule has 0 saturated heterocycles. The lowest BCUT2D eigenvalue weighted by molar-refractivity contribution is -0.870. The second-order valence-corrected chi connectivity index (χ2v) is 28.3. The normalized spacial score (nSPS) is 13.9. The number of likely N-dealkylation sites (N-methyl/N-ethyl adjacent to an activating group) is 1. The highest BCUT2D eigenvalue weighted by molar-refractivity contribution is 7.47. The maximum atomic E-state index is 13.6. The van der Waals surface area contributed by atoms with Gasteiger partial charge in [0.1, 0.15) is 19.3 Å². The van der Waals surface area contributed by atoms with Crippen molar-refractivity contribution in [2.24, 2.45) is 0 Å². The van der Waals surface area contributed by atoms with Gasteiger partial charge in [0, 0.05) is 12.8 Å². The SMILES string of the molecule is CCCCC/C=C\C/C=C\C/C=C\C/C=C\CCCCCCCCCCCCCC(=O)OC(/C=C/CCCCCCCCCCC)C(COP(=O)(O)OCC[N+](C)(C)C)NC(=O)CCCCCCCCCCCCCCCCC/C=C\C/C=C\CCCCC. The van der Waals surface area contributed by atoms with Gasteiger partial charge in [0.2, 0.25) is 5.91 Å². The number of quaternary nitrogens is 1. The van der Waals surface area contributed by atoms with Gasteiger partial charge in [0.05, 0.1) is 33.8 Å². The van der Waals surface area contributed by atoms with Gasteiger partial charge in [-0.1, -0.05) is 318 Å². The number of rotatable bonds is 69. The number of carbonyl (C=O) groups is 2. The lowest BCUT2D eigenvalue weighted by Crippen LogP contribution is -2.47. The quantitative estimate of drug-likeness (QED) is 0.0205. The third kappa shape index (κ3) is 69.4. The van der Waals surface area contributed by atoms with Crippen molar-refractivity contribution in [2.75, 3.05) is 40.9 Å². The van der Waals surface area contributed by atoms with Gasteiger partial charge in [-0.2, -0.15) is 0 Å². The van der Waals surface area contributed by atoms with Crippen LogP contribution in [0.15, 0.2) is 85.1 Å². The van der Waals surface area contributed by atoms with Gasteiger partial charge in [-0.15, -0.1) is 0 Å². The Morgan fingerprint density at radius 3 is 1.04 bits per heavy atom. The van der Waals surface area contributed by atoms with Gasteiger partial charge >= 0.3 is 13.8 Å². The van der Waals surface area contributed by atoms with Crippen LogP contribution in [0.25, 0.3) is 0 Å². The number of phosphoric acid groups is 1. The first-order chi connectivity index (χ1) is 43.4. The Balaban J connectivity index is 4.94. The predicted molar refractivity (Wildman–Crippen MR) is 388 cm³/mol. The van der Waals surface area contributed by atoms with E-state index in [0.29, 0.717) is 17.4 Å². The van der Waals surface area contributed by atoms with Crippen molar-refractivity contribution in [1.82, 2.24) is 5.32 Å². The zero-order valence-electron chi connectivity index (χ0n) is 59.4. The summed E-state index contributed by atoms with van der Waals surface area (Å²) >= 11 is 0. The molecule has 0 spiro atoms. The van der Waals surface area contributed by atoms with Crippen molar-refractivity contribution in [1.29, 1.82) is 0 Å². The number of nitrogens with one attached hydrogen (secondary N) is 1. The number of phosphoric ester groups is 1. The first kappa shape index (κ1) is 86.2. The van der Waals surface area contributed by atoms with Gasteiger partial charge < -0.3 is 19.4 Å². The van der Waals surface area contributed by atoms with E-state index in [1.54, 1.807) is 0 Å². The van der Waals surface area contributed by atoms with Gasteiger partial charge in [-0.05, 0) is 109 Å². The third-order valence-electron chi connectivity index (χ3n) is 16.8. The Morgan fingerprint density at radius 1 is 0.393 bits per heavy atom. The molecular formula is C79H146N2O7P+. The van der Waals surface area contributed by atoms with Crippen LogP contribution in [-0.4, -0.2) is 74.3 Å². The number of unbranched alkanes of at least 4 members (excludes halogenated alkanes) is 41. The number of hydrogen-bond donors (Lipinski definition) is 2. The highest BCUT2D eigenvalue weighted by atomic mass is 31.2. The van der Waals surface area contributed by atoms with E-state index in [2.05, 4.69) is 99.0 Å². The molecule has 3 unspecified atom stereocenters. The monoisotopic (exact) mass is 1270 g/mol. The fourth-order valence-electron chi connectivity index (χ4n) is 11.0. The summed E-state index contributed by atoms with van der Waals surface area (Å²) in [6.07, 6.45) is 91.8. The molecular weight excluding hydrogens is 1120 g/mol. The van der Waals surface area contributed by atoms with Crippen molar-refractivity contribution >= 4 is 19.7 Å². The Hall–Kier alpha value is -2.81. The molecule has 0 bridgehead atoms. The molecule has 3 atom stereocenters.